The summed E-state index contributed by atoms with van der Waals surface area (Å²) < 4.78 is 0. The average molecular weight is 374 g/mol. The zero-order chi connectivity index (χ0) is 20.1. The van der Waals surface area contributed by atoms with Crippen LogP contribution in [0.15, 0.2) is 60.9 Å². The molecule has 144 valence electrons. The summed E-state index contributed by atoms with van der Waals surface area (Å²) in [6.07, 6.45) is 3.67. The molecule has 1 N–H and O–H groups in total. The molecular formula is C23H26N4O. The summed E-state index contributed by atoms with van der Waals surface area (Å²) in [7, 11) is 2.07. The first kappa shape index (κ1) is 19.7. The second-order valence-electron chi connectivity index (χ2n) is 7.20. The smallest absolute Gasteiger partial charge is 0.256 e. The van der Waals surface area contributed by atoms with Crippen LogP contribution in [0.4, 0.5) is 5.82 Å². The molecule has 5 nitrogen and oxygen atoms in total. The van der Waals surface area contributed by atoms with Crippen LogP contribution in [0.5, 0.6) is 0 Å². The number of hydrogen-bond donors (Lipinski definition) is 1. The monoisotopic (exact) mass is 374 g/mol. The van der Waals surface area contributed by atoms with Crippen molar-refractivity contribution in [3.05, 3.63) is 88.9 Å². The minimum Gasteiger partial charge on any atom is -0.307 e. The predicted octanol–water partition coefficient (Wildman–Crippen LogP) is 4.54. The molecule has 0 saturated heterocycles. The summed E-state index contributed by atoms with van der Waals surface area (Å²) in [6.45, 7) is 6.80. The number of carbonyl (C=O) groups is 1. The zero-order valence-corrected chi connectivity index (χ0v) is 16.8. The molecule has 1 amide bonds. The van der Waals surface area contributed by atoms with Crippen LogP contribution in [0.1, 0.15) is 45.7 Å². The van der Waals surface area contributed by atoms with Crippen LogP contribution in [0.25, 0.3) is 0 Å². The van der Waals surface area contributed by atoms with E-state index in [2.05, 4.69) is 40.2 Å². The molecule has 2 aromatic heterocycles. The van der Waals surface area contributed by atoms with Crippen molar-refractivity contribution in [2.45, 2.75) is 33.4 Å². The van der Waals surface area contributed by atoms with E-state index in [0.29, 0.717) is 11.4 Å². The number of nitrogens with zero attached hydrogens (tertiary/aromatic N) is 3. The van der Waals surface area contributed by atoms with Gasteiger partial charge in [0, 0.05) is 36.2 Å². The summed E-state index contributed by atoms with van der Waals surface area (Å²) in [5.41, 5.74) is 4.83. The minimum absolute atomic E-state index is 0.151. The Kier molecular flexibility index (Phi) is 6.16. The van der Waals surface area contributed by atoms with E-state index in [0.717, 1.165) is 23.4 Å². The first-order valence-electron chi connectivity index (χ1n) is 9.38. The molecule has 0 aliphatic rings. The topological polar surface area (TPSA) is 58.1 Å². The molecule has 0 saturated carbocycles. The Morgan fingerprint density at radius 2 is 1.96 bits per heavy atom. The maximum atomic E-state index is 12.7. The van der Waals surface area contributed by atoms with Gasteiger partial charge >= 0.3 is 0 Å². The summed E-state index contributed by atoms with van der Waals surface area (Å²) in [6, 6.07) is 15.8. The highest BCUT2D eigenvalue weighted by molar-refractivity contribution is 6.03. The summed E-state index contributed by atoms with van der Waals surface area (Å²) in [5.74, 6) is 0.428. The molecule has 0 aliphatic carbocycles. The van der Waals surface area contributed by atoms with E-state index in [-0.39, 0.29) is 11.9 Å². The molecule has 28 heavy (non-hydrogen) atoms. The van der Waals surface area contributed by atoms with Crippen molar-refractivity contribution in [1.82, 2.24) is 14.9 Å². The van der Waals surface area contributed by atoms with Crippen molar-refractivity contribution in [3.63, 3.8) is 0 Å². The van der Waals surface area contributed by atoms with Gasteiger partial charge in [0.2, 0.25) is 0 Å². The highest BCUT2D eigenvalue weighted by Gasteiger charge is 2.13. The highest BCUT2D eigenvalue weighted by atomic mass is 16.1. The third-order valence-corrected chi connectivity index (χ3v) is 4.79. The van der Waals surface area contributed by atoms with E-state index in [1.54, 1.807) is 6.20 Å². The Morgan fingerprint density at radius 1 is 1.14 bits per heavy atom. The van der Waals surface area contributed by atoms with Gasteiger partial charge in [-0.1, -0.05) is 18.2 Å². The lowest BCUT2D eigenvalue weighted by Crippen LogP contribution is -2.22. The van der Waals surface area contributed by atoms with Crippen molar-refractivity contribution in [1.29, 1.82) is 0 Å². The molecule has 0 bridgehead atoms. The zero-order valence-electron chi connectivity index (χ0n) is 16.8. The second-order valence-corrected chi connectivity index (χ2v) is 7.20. The first-order chi connectivity index (χ1) is 13.4. The van der Waals surface area contributed by atoms with Crippen molar-refractivity contribution in [2.75, 3.05) is 12.4 Å². The van der Waals surface area contributed by atoms with Crippen LogP contribution in [0.2, 0.25) is 0 Å². The normalized spacial score (nSPS) is 12.0. The fourth-order valence-corrected chi connectivity index (χ4v) is 3.21. The number of nitrogens with one attached hydrogen (secondary N) is 1. The molecule has 5 heteroatoms. The van der Waals surface area contributed by atoms with Crippen molar-refractivity contribution < 1.29 is 4.79 Å². The van der Waals surface area contributed by atoms with Crippen molar-refractivity contribution in [3.8, 4) is 0 Å². The van der Waals surface area contributed by atoms with Gasteiger partial charge in [-0.05, 0) is 74.8 Å². The number of pyridine rings is 2. The summed E-state index contributed by atoms with van der Waals surface area (Å²) in [5, 5.41) is 2.90. The van der Waals surface area contributed by atoms with Crippen LogP contribution in [0.3, 0.4) is 0 Å². The lowest BCUT2D eigenvalue weighted by Gasteiger charge is -2.25. The second kappa shape index (κ2) is 8.76. The number of rotatable bonds is 6. The Bertz CT molecular complexity index is 936. The third-order valence-electron chi connectivity index (χ3n) is 4.79. The van der Waals surface area contributed by atoms with Crippen molar-refractivity contribution in [2.24, 2.45) is 0 Å². The lowest BCUT2D eigenvalue weighted by molar-refractivity contribution is 0.102. The fourth-order valence-electron chi connectivity index (χ4n) is 3.21. The minimum atomic E-state index is -0.151. The molecule has 0 radical (unpaired) electrons. The van der Waals surface area contributed by atoms with E-state index in [1.807, 2.05) is 62.5 Å². The van der Waals surface area contributed by atoms with E-state index in [1.165, 1.54) is 5.56 Å². The number of benzene rings is 1. The maximum absolute atomic E-state index is 12.7. The number of aromatic nitrogens is 2. The van der Waals surface area contributed by atoms with Gasteiger partial charge in [0.25, 0.3) is 5.91 Å². The van der Waals surface area contributed by atoms with Gasteiger partial charge in [-0.15, -0.1) is 0 Å². The molecule has 1 unspecified atom stereocenters. The largest absolute Gasteiger partial charge is 0.307 e. The van der Waals surface area contributed by atoms with E-state index in [4.69, 9.17) is 0 Å². The molecule has 1 atom stereocenters. The molecule has 2 heterocycles. The number of carbonyl (C=O) groups excluding carboxylic acids is 1. The Morgan fingerprint density at radius 3 is 2.68 bits per heavy atom. The van der Waals surface area contributed by atoms with E-state index < -0.39 is 0 Å². The fraction of sp³-hybridized carbons (Fsp3) is 0.261. The number of amides is 1. The van der Waals surface area contributed by atoms with E-state index in [9.17, 15) is 4.79 Å². The molecule has 0 fully saturated rings. The molecule has 0 aliphatic heterocycles. The summed E-state index contributed by atoms with van der Waals surface area (Å²) in [4.78, 5) is 23.5. The van der Waals surface area contributed by atoms with Gasteiger partial charge in [0.05, 0.1) is 0 Å². The summed E-state index contributed by atoms with van der Waals surface area (Å²) >= 11 is 0. The van der Waals surface area contributed by atoms with Gasteiger partial charge in [-0.3, -0.25) is 14.7 Å². The average Bonchev–Trinajstić information content (AvgIpc) is 2.67. The molecule has 1 aromatic carbocycles. The molecule has 3 aromatic rings. The van der Waals surface area contributed by atoms with Gasteiger partial charge in [-0.25, -0.2) is 4.98 Å². The van der Waals surface area contributed by atoms with Gasteiger partial charge in [0.15, 0.2) is 0 Å². The maximum Gasteiger partial charge on any atom is 0.256 e. The quantitative estimate of drug-likeness (QED) is 0.688. The Labute approximate surface area is 166 Å². The van der Waals surface area contributed by atoms with Gasteiger partial charge in [-0.2, -0.15) is 0 Å². The van der Waals surface area contributed by atoms with Gasteiger partial charge < -0.3 is 5.32 Å². The predicted molar refractivity (Wildman–Crippen MR) is 112 cm³/mol. The number of anilines is 1. The molecule has 0 spiro atoms. The van der Waals surface area contributed by atoms with Crippen LogP contribution in [-0.2, 0) is 6.54 Å². The number of hydrogen-bond acceptors (Lipinski definition) is 4. The SMILES string of the molecule is Cc1cc(C)nc(NC(=O)c2cccc(CN(C)C(C)c3cccnc3)c2)c1. The Hall–Kier alpha value is -3.05. The molecular weight excluding hydrogens is 348 g/mol. The van der Waals surface area contributed by atoms with Crippen LogP contribution in [0, 0.1) is 13.8 Å². The van der Waals surface area contributed by atoms with Gasteiger partial charge in [0.1, 0.15) is 5.82 Å². The first-order valence-corrected chi connectivity index (χ1v) is 9.38. The third kappa shape index (κ3) is 5.02. The lowest BCUT2D eigenvalue weighted by atomic mass is 10.1. The highest BCUT2D eigenvalue weighted by Crippen LogP contribution is 2.20. The molecule has 3 rings (SSSR count). The Balaban J connectivity index is 1.70. The van der Waals surface area contributed by atoms with Crippen LogP contribution < -0.4 is 5.32 Å². The van der Waals surface area contributed by atoms with E-state index >= 15 is 0 Å². The number of aryl methyl sites for hydroxylation is 2. The van der Waals surface area contributed by atoms with Crippen molar-refractivity contribution >= 4 is 11.7 Å². The van der Waals surface area contributed by atoms with Crippen LogP contribution in [-0.4, -0.2) is 27.8 Å². The van der Waals surface area contributed by atoms with Crippen LogP contribution >= 0.6 is 0 Å². The standard InChI is InChI=1S/C23H26N4O/c1-16-11-17(2)25-22(12-16)26-23(28)20-8-5-7-19(13-20)15-27(4)18(3)21-9-6-10-24-14-21/h5-14,18H,15H2,1-4H3,(H,25,26,28).